The third kappa shape index (κ3) is 6.28. The number of hydrogen-bond acceptors (Lipinski definition) is 8. The van der Waals surface area contributed by atoms with Gasteiger partial charge in [0.2, 0.25) is 5.76 Å². The highest BCUT2D eigenvalue weighted by Gasteiger charge is 2.41. The average Bonchev–Trinajstić information content (AvgIpc) is 3.35. The molecule has 0 spiro atoms. The van der Waals surface area contributed by atoms with Crippen molar-refractivity contribution in [3.05, 3.63) is 65.7 Å². The number of rotatable bonds is 7. The molecule has 0 bridgehead atoms. The van der Waals surface area contributed by atoms with E-state index < -0.39 is 35.5 Å². The number of halogens is 3. The van der Waals surface area contributed by atoms with Gasteiger partial charge < -0.3 is 19.4 Å². The number of nitrogens with zero attached hydrogens (tertiary/aromatic N) is 3. The smallest absolute Gasteiger partial charge is 0.437 e. The number of anilines is 3. The number of nitrogens with one attached hydrogen (secondary N) is 2. The average molecular weight is 531 g/mol. The first-order chi connectivity index (χ1) is 18.2. The van der Waals surface area contributed by atoms with E-state index in [1.807, 2.05) is 4.90 Å². The van der Waals surface area contributed by atoms with Gasteiger partial charge in [-0.15, -0.1) is 0 Å². The fourth-order valence-electron chi connectivity index (χ4n) is 3.92. The molecule has 3 aromatic rings. The number of alkyl halides is 3. The summed E-state index contributed by atoms with van der Waals surface area (Å²) in [5.41, 5.74) is -1.28. The van der Waals surface area contributed by atoms with Gasteiger partial charge in [0.05, 0.1) is 24.4 Å². The Kier molecular flexibility index (Phi) is 7.93. The molecule has 1 saturated heterocycles. The lowest BCUT2D eigenvalue weighted by Crippen LogP contribution is -2.37. The second-order valence-corrected chi connectivity index (χ2v) is 8.39. The molecule has 0 aliphatic carbocycles. The van der Waals surface area contributed by atoms with Crippen molar-refractivity contribution in [2.75, 3.05) is 35.2 Å². The first-order valence-electron chi connectivity index (χ1n) is 11.8. The summed E-state index contributed by atoms with van der Waals surface area (Å²) in [6.45, 7) is 3.24. The predicted molar refractivity (Wildman–Crippen MR) is 130 cm³/mol. The van der Waals surface area contributed by atoms with E-state index in [9.17, 15) is 27.6 Å². The van der Waals surface area contributed by atoms with Gasteiger partial charge in [0.15, 0.2) is 5.69 Å². The summed E-state index contributed by atoms with van der Waals surface area (Å²) >= 11 is 0. The summed E-state index contributed by atoms with van der Waals surface area (Å²) in [5.74, 6) is -2.87. The van der Waals surface area contributed by atoms with E-state index in [1.165, 1.54) is 24.4 Å². The third-order valence-corrected chi connectivity index (χ3v) is 5.80. The topological polar surface area (TPSA) is 127 Å². The highest BCUT2D eigenvalue weighted by atomic mass is 19.4. The van der Waals surface area contributed by atoms with Crippen molar-refractivity contribution in [2.45, 2.75) is 25.9 Å². The highest BCUT2D eigenvalue weighted by molar-refractivity contribution is 6.05. The van der Waals surface area contributed by atoms with Crippen molar-refractivity contribution in [1.82, 2.24) is 9.97 Å². The van der Waals surface area contributed by atoms with Crippen molar-refractivity contribution in [1.29, 1.82) is 0 Å². The van der Waals surface area contributed by atoms with Crippen LogP contribution in [-0.4, -0.2) is 47.4 Å². The number of oxazole rings is 1. The molecule has 0 atom stereocenters. The van der Waals surface area contributed by atoms with Gasteiger partial charge in [0, 0.05) is 18.7 Å². The fraction of sp³-hybridized carbons (Fsp3) is 0.320. The zero-order valence-corrected chi connectivity index (χ0v) is 20.2. The third-order valence-electron chi connectivity index (χ3n) is 5.80. The zero-order valence-electron chi connectivity index (χ0n) is 20.2. The van der Waals surface area contributed by atoms with E-state index in [0.29, 0.717) is 38.4 Å². The van der Waals surface area contributed by atoms with E-state index >= 15 is 0 Å². The number of aromatic nitrogens is 2. The summed E-state index contributed by atoms with van der Waals surface area (Å²) in [6.07, 6.45) is -2.50. The van der Waals surface area contributed by atoms with Crippen LogP contribution in [0.3, 0.4) is 0 Å². The Morgan fingerprint density at radius 2 is 1.76 bits per heavy atom. The molecule has 1 aromatic carbocycles. The van der Waals surface area contributed by atoms with Crippen LogP contribution in [0.4, 0.5) is 30.7 Å². The number of amides is 2. The van der Waals surface area contributed by atoms with Crippen LogP contribution < -0.4 is 15.5 Å². The summed E-state index contributed by atoms with van der Waals surface area (Å²) in [6, 6.07) is 10.1. The van der Waals surface area contributed by atoms with Gasteiger partial charge in [-0.1, -0.05) is 18.2 Å². The van der Waals surface area contributed by atoms with Crippen molar-refractivity contribution in [2.24, 2.45) is 5.92 Å². The predicted octanol–water partition coefficient (Wildman–Crippen LogP) is 4.37. The standard InChI is InChI=1S/C25H24F3N5O5/c1-2-37-23(36)16-10-12-33(13-11-16)18-9-8-17(14-29-18)30-22(35)19-20(25(26,27)28)31-24(38-19)32-21(34)15-6-4-3-5-7-15/h3-9,14,16H,2,10-13H2,1H3,(H,30,35)(H,31,32,34). The number of hydrogen-bond donors (Lipinski definition) is 2. The van der Waals surface area contributed by atoms with Crippen molar-refractivity contribution in [3.8, 4) is 0 Å². The summed E-state index contributed by atoms with van der Waals surface area (Å²) in [5, 5.41) is 4.43. The molecule has 2 aromatic heterocycles. The largest absolute Gasteiger partial charge is 0.466 e. The molecule has 1 aliphatic rings. The van der Waals surface area contributed by atoms with Gasteiger partial charge in [-0.05, 0) is 44.0 Å². The number of benzene rings is 1. The molecule has 200 valence electrons. The van der Waals surface area contributed by atoms with E-state index in [0.717, 1.165) is 0 Å². The molecule has 38 heavy (non-hydrogen) atoms. The second kappa shape index (κ2) is 11.3. The Bertz CT molecular complexity index is 1290. The lowest BCUT2D eigenvalue weighted by molar-refractivity contribution is -0.148. The number of carbonyl (C=O) groups excluding carboxylic acids is 3. The van der Waals surface area contributed by atoms with E-state index in [1.54, 1.807) is 31.2 Å². The van der Waals surface area contributed by atoms with Crippen LogP contribution in [0.2, 0.25) is 0 Å². The van der Waals surface area contributed by atoms with Crippen molar-refractivity contribution >= 4 is 35.3 Å². The van der Waals surface area contributed by atoms with Gasteiger partial charge in [0.25, 0.3) is 11.8 Å². The van der Waals surface area contributed by atoms with Crippen molar-refractivity contribution in [3.63, 3.8) is 0 Å². The van der Waals surface area contributed by atoms with Crippen molar-refractivity contribution < 1.29 is 36.7 Å². The van der Waals surface area contributed by atoms with Crippen LogP contribution >= 0.6 is 0 Å². The highest BCUT2D eigenvalue weighted by Crippen LogP contribution is 2.34. The van der Waals surface area contributed by atoms with Crippen LogP contribution in [0.5, 0.6) is 0 Å². The molecule has 2 amide bonds. The second-order valence-electron chi connectivity index (χ2n) is 8.39. The summed E-state index contributed by atoms with van der Waals surface area (Å²) in [4.78, 5) is 46.3. The van der Waals surface area contributed by atoms with Crippen LogP contribution in [0.15, 0.2) is 53.1 Å². The van der Waals surface area contributed by atoms with Gasteiger partial charge in [-0.2, -0.15) is 18.2 Å². The first-order valence-corrected chi connectivity index (χ1v) is 11.8. The molecular weight excluding hydrogens is 507 g/mol. The molecule has 13 heteroatoms. The Hall–Kier alpha value is -4.42. The minimum Gasteiger partial charge on any atom is -0.466 e. The van der Waals surface area contributed by atoms with Gasteiger partial charge in [-0.25, -0.2) is 4.98 Å². The monoisotopic (exact) mass is 531 g/mol. The van der Waals surface area contributed by atoms with Crippen LogP contribution in [0.25, 0.3) is 0 Å². The SMILES string of the molecule is CCOC(=O)C1CCN(c2ccc(NC(=O)c3oc(NC(=O)c4ccccc4)nc3C(F)(F)F)cn2)CC1. The molecule has 0 saturated carbocycles. The molecule has 2 N–H and O–H groups in total. The molecule has 10 nitrogen and oxygen atoms in total. The quantitative estimate of drug-likeness (QED) is 0.431. The van der Waals surface area contributed by atoms with Crippen LogP contribution in [0, 0.1) is 5.92 Å². The molecule has 1 fully saturated rings. The lowest BCUT2D eigenvalue weighted by atomic mass is 9.97. The van der Waals surface area contributed by atoms with E-state index in [4.69, 9.17) is 9.15 Å². The van der Waals surface area contributed by atoms with Crippen LogP contribution in [-0.2, 0) is 15.7 Å². The maximum atomic E-state index is 13.5. The molecule has 3 heterocycles. The number of piperidine rings is 1. The Labute approximate surface area is 215 Å². The maximum Gasteiger partial charge on any atom is 0.437 e. The molecule has 0 radical (unpaired) electrons. The number of ether oxygens (including phenoxy) is 1. The summed E-state index contributed by atoms with van der Waals surface area (Å²) in [7, 11) is 0. The van der Waals surface area contributed by atoms with Crippen LogP contribution in [0.1, 0.15) is 46.4 Å². The number of pyridine rings is 1. The van der Waals surface area contributed by atoms with E-state index in [-0.39, 0.29) is 23.1 Å². The normalized spacial score (nSPS) is 14.2. The fourth-order valence-corrected chi connectivity index (χ4v) is 3.92. The van der Waals surface area contributed by atoms with Gasteiger partial charge in [0.1, 0.15) is 5.82 Å². The zero-order chi connectivity index (χ0) is 27.3. The lowest BCUT2D eigenvalue weighted by Gasteiger charge is -2.31. The Morgan fingerprint density at radius 1 is 1.05 bits per heavy atom. The molecule has 0 unspecified atom stereocenters. The summed E-state index contributed by atoms with van der Waals surface area (Å²) < 4.78 is 50.7. The minimum absolute atomic E-state index is 0.125. The maximum absolute atomic E-state index is 13.5. The molecule has 1 aliphatic heterocycles. The molecular formula is C25H24F3N5O5. The Morgan fingerprint density at radius 3 is 2.37 bits per heavy atom. The number of carbonyl (C=O) groups is 3. The van der Waals surface area contributed by atoms with Gasteiger partial charge in [-0.3, -0.25) is 19.7 Å². The Balaban J connectivity index is 1.42. The molecule has 4 rings (SSSR count). The van der Waals surface area contributed by atoms with Gasteiger partial charge >= 0.3 is 18.2 Å². The first kappa shape index (κ1) is 26.6. The minimum atomic E-state index is -5.01. The number of esters is 1. The van der Waals surface area contributed by atoms with E-state index in [2.05, 4.69) is 20.6 Å².